The van der Waals surface area contributed by atoms with Crippen molar-refractivity contribution in [3.8, 4) is 0 Å². The first kappa shape index (κ1) is 63.1. The maximum atomic E-state index is 12.7. The first-order valence-electron chi connectivity index (χ1n) is 25.7. The Bertz CT molecular complexity index is 1550. The third-order valence-electron chi connectivity index (χ3n) is 10.0. The largest absolute Gasteiger partial charge is 0.472 e. The van der Waals surface area contributed by atoms with E-state index < -0.39 is 32.5 Å². The number of carbonyl (C=O) groups excluding carboxylic acids is 2. The second kappa shape index (κ2) is 51.5. The van der Waals surface area contributed by atoms with Crippen LogP contribution in [0.15, 0.2) is 134 Å². The topological polar surface area (TPSA) is 134 Å². The highest BCUT2D eigenvalue weighted by Gasteiger charge is 2.26. The van der Waals surface area contributed by atoms with Gasteiger partial charge >= 0.3 is 19.8 Å². The van der Waals surface area contributed by atoms with Crippen molar-refractivity contribution < 1.29 is 37.6 Å². The number of hydrogen-bond donors (Lipinski definition) is 2. The second-order valence-corrected chi connectivity index (χ2v) is 17.7. The number of carbonyl (C=O) groups is 2. The number of rotatable bonds is 46. The number of esters is 2. The van der Waals surface area contributed by atoms with Crippen LogP contribution in [-0.2, 0) is 32.7 Å². The molecular formula is C57H92NO8P. The van der Waals surface area contributed by atoms with Crippen molar-refractivity contribution >= 4 is 19.8 Å². The van der Waals surface area contributed by atoms with Crippen molar-refractivity contribution in [1.29, 1.82) is 0 Å². The maximum Gasteiger partial charge on any atom is 0.472 e. The van der Waals surface area contributed by atoms with Crippen LogP contribution in [0.25, 0.3) is 0 Å². The van der Waals surface area contributed by atoms with Crippen LogP contribution in [0.5, 0.6) is 0 Å². The summed E-state index contributed by atoms with van der Waals surface area (Å²) in [5, 5.41) is 0. The van der Waals surface area contributed by atoms with Gasteiger partial charge in [0.25, 0.3) is 0 Å². The number of phosphoric ester groups is 1. The average Bonchev–Trinajstić information content (AvgIpc) is 3.32. The fraction of sp³-hybridized carbons (Fsp3) is 0.579. The van der Waals surface area contributed by atoms with Crippen LogP contribution >= 0.6 is 7.82 Å². The average molecular weight is 950 g/mol. The molecule has 0 rings (SSSR count). The summed E-state index contributed by atoms with van der Waals surface area (Å²) in [7, 11) is -4.40. The Morgan fingerprint density at radius 1 is 0.448 bits per heavy atom. The summed E-state index contributed by atoms with van der Waals surface area (Å²) in [6.45, 7) is 3.44. The molecule has 0 fully saturated rings. The molecule has 2 atom stereocenters. The molecule has 0 aromatic carbocycles. The van der Waals surface area contributed by atoms with Crippen LogP contribution in [0.4, 0.5) is 0 Å². The van der Waals surface area contributed by atoms with Gasteiger partial charge in [0.15, 0.2) is 6.10 Å². The lowest BCUT2D eigenvalue weighted by Crippen LogP contribution is -2.29. The minimum absolute atomic E-state index is 0.0397. The lowest BCUT2D eigenvalue weighted by atomic mass is 10.1. The van der Waals surface area contributed by atoms with E-state index in [9.17, 15) is 19.0 Å². The SMILES string of the molecule is CC/C=C\C/C=C\C/C=C\C/C=C\C/C=C\C/C=C\C/C=C\CCCCCCCCCC(=O)OC(COC(=O)CCCCCC/C=C\C/C=C\C/C=C\C/C=C\CC)COP(=O)(O)OCCN. The van der Waals surface area contributed by atoms with E-state index in [1.807, 2.05) is 0 Å². The molecule has 0 radical (unpaired) electrons. The second-order valence-electron chi connectivity index (χ2n) is 16.3. The zero-order chi connectivity index (χ0) is 48.8. The molecule has 378 valence electrons. The summed E-state index contributed by atoms with van der Waals surface area (Å²) in [6.07, 6.45) is 72.0. The van der Waals surface area contributed by atoms with E-state index in [4.69, 9.17) is 24.3 Å². The molecular weight excluding hydrogens is 858 g/mol. The summed E-state index contributed by atoms with van der Waals surface area (Å²) in [5.74, 6) is -0.882. The monoisotopic (exact) mass is 950 g/mol. The molecule has 0 spiro atoms. The molecule has 0 amide bonds. The van der Waals surface area contributed by atoms with Gasteiger partial charge in [-0.05, 0) is 109 Å². The van der Waals surface area contributed by atoms with Gasteiger partial charge in [-0.3, -0.25) is 18.6 Å². The predicted molar refractivity (Wildman–Crippen MR) is 284 cm³/mol. The van der Waals surface area contributed by atoms with Crippen molar-refractivity contribution in [3.05, 3.63) is 134 Å². The standard InChI is InChI=1S/C57H92NO8P/c1-3-5-7-9-11-13-15-17-19-21-22-23-24-25-26-27-28-29-30-31-32-34-36-38-40-42-44-46-48-50-57(60)66-55(54-65-67(61,62)64-52-51-58)53-63-56(59)49-47-45-43-41-39-37-35-33-20-18-16-14-12-10-8-6-4-2/h5-8,11-14,17-20,22-23,25-26,28-29,31-32,35,37,55H,3-4,9-10,15-16,21,24,27,30,33-34,36,38-54,58H2,1-2H3,(H,61,62)/b7-5-,8-6-,13-11-,14-12-,19-17-,20-18-,23-22-,26-25-,29-28-,32-31-,37-35-. The third kappa shape index (κ3) is 51.4. The van der Waals surface area contributed by atoms with Crippen molar-refractivity contribution in [2.24, 2.45) is 5.73 Å². The van der Waals surface area contributed by atoms with E-state index >= 15 is 0 Å². The first-order valence-corrected chi connectivity index (χ1v) is 27.2. The van der Waals surface area contributed by atoms with E-state index in [-0.39, 0.29) is 32.6 Å². The van der Waals surface area contributed by atoms with Crippen LogP contribution in [0, 0.1) is 0 Å². The predicted octanol–water partition coefficient (Wildman–Crippen LogP) is 15.8. The third-order valence-corrected chi connectivity index (χ3v) is 11.0. The summed E-state index contributed by atoms with van der Waals surface area (Å²) in [5.41, 5.74) is 5.36. The highest BCUT2D eigenvalue weighted by atomic mass is 31.2. The van der Waals surface area contributed by atoms with Crippen LogP contribution in [0.3, 0.4) is 0 Å². The Morgan fingerprint density at radius 2 is 0.776 bits per heavy atom. The molecule has 0 heterocycles. The number of allylic oxidation sites excluding steroid dienone is 22. The number of ether oxygens (including phenoxy) is 2. The van der Waals surface area contributed by atoms with Crippen LogP contribution < -0.4 is 5.73 Å². The Balaban J connectivity index is 4.14. The molecule has 0 aliphatic rings. The van der Waals surface area contributed by atoms with Gasteiger partial charge < -0.3 is 20.1 Å². The van der Waals surface area contributed by atoms with Crippen LogP contribution in [0.2, 0.25) is 0 Å². The molecule has 0 saturated carbocycles. The van der Waals surface area contributed by atoms with E-state index in [2.05, 4.69) is 148 Å². The number of nitrogens with two attached hydrogens (primary N) is 1. The van der Waals surface area contributed by atoms with Crippen molar-refractivity contribution in [3.63, 3.8) is 0 Å². The number of hydrogen-bond acceptors (Lipinski definition) is 8. The van der Waals surface area contributed by atoms with Gasteiger partial charge in [-0.25, -0.2) is 4.57 Å². The van der Waals surface area contributed by atoms with Crippen LogP contribution in [-0.4, -0.2) is 49.3 Å². The molecule has 0 aromatic heterocycles. The molecule has 2 unspecified atom stereocenters. The van der Waals surface area contributed by atoms with E-state index in [0.29, 0.717) is 12.8 Å². The molecule has 0 aliphatic heterocycles. The van der Waals surface area contributed by atoms with Gasteiger partial charge in [0, 0.05) is 19.4 Å². The van der Waals surface area contributed by atoms with Gasteiger partial charge in [0.2, 0.25) is 0 Å². The highest BCUT2D eigenvalue weighted by molar-refractivity contribution is 7.47. The Labute approximate surface area is 408 Å². The maximum absolute atomic E-state index is 12.7. The van der Waals surface area contributed by atoms with Crippen molar-refractivity contribution in [2.75, 3.05) is 26.4 Å². The van der Waals surface area contributed by atoms with Gasteiger partial charge in [0.05, 0.1) is 13.2 Å². The zero-order valence-corrected chi connectivity index (χ0v) is 42.7. The molecule has 0 aliphatic carbocycles. The molecule has 9 nitrogen and oxygen atoms in total. The van der Waals surface area contributed by atoms with Gasteiger partial charge in [-0.15, -0.1) is 0 Å². The number of phosphoric acid groups is 1. The van der Waals surface area contributed by atoms with Gasteiger partial charge in [-0.1, -0.05) is 192 Å². The normalized spacial score (nSPS) is 14.3. The van der Waals surface area contributed by atoms with Gasteiger partial charge in [0.1, 0.15) is 6.61 Å². The first-order chi connectivity index (χ1) is 32.8. The Morgan fingerprint density at radius 3 is 1.15 bits per heavy atom. The number of unbranched alkanes of at least 4 members (excludes halogenated alkanes) is 11. The van der Waals surface area contributed by atoms with Crippen molar-refractivity contribution in [1.82, 2.24) is 0 Å². The lowest BCUT2D eigenvalue weighted by molar-refractivity contribution is -0.161. The fourth-order valence-corrected chi connectivity index (χ4v) is 7.08. The summed E-state index contributed by atoms with van der Waals surface area (Å²) in [6, 6.07) is 0. The molecule has 0 saturated heterocycles. The van der Waals surface area contributed by atoms with E-state index in [0.717, 1.165) is 128 Å². The molecule has 3 N–H and O–H groups in total. The Hall–Kier alpha value is -3.85. The summed E-state index contributed by atoms with van der Waals surface area (Å²) in [4.78, 5) is 35.1. The van der Waals surface area contributed by atoms with Crippen molar-refractivity contribution in [2.45, 2.75) is 187 Å². The van der Waals surface area contributed by atoms with E-state index in [1.54, 1.807) is 0 Å². The summed E-state index contributed by atoms with van der Waals surface area (Å²) >= 11 is 0. The molecule has 0 aromatic rings. The fourth-order valence-electron chi connectivity index (χ4n) is 6.31. The summed E-state index contributed by atoms with van der Waals surface area (Å²) < 4.78 is 32.9. The zero-order valence-electron chi connectivity index (χ0n) is 41.8. The lowest BCUT2D eigenvalue weighted by Gasteiger charge is -2.19. The van der Waals surface area contributed by atoms with Gasteiger partial charge in [-0.2, -0.15) is 0 Å². The van der Waals surface area contributed by atoms with E-state index in [1.165, 1.54) is 12.8 Å². The molecule has 10 heteroatoms. The molecule has 0 bridgehead atoms. The van der Waals surface area contributed by atoms with Crippen LogP contribution in [0.1, 0.15) is 181 Å². The smallest absolute Gasteiger partial charge is 0.462 e. The minimum Gasteiger partial charge on any atom is -0.462 e. The highest BCUT2D eigenvalue weighted by Crippen LogP contribution is 2.43. The Kier molecular flexibility index (Phi) is 48.6. The molecule has 67 heavy (non-hydrogen) atoms. The minimum atomic E-state index is -4.40. The quantitative estimate of drug-likeness (QED) is 0.0265.